The number of thiocarbonyl (C=S) groups is 1. The molecular weight excluding hydrogens is 296 g/mol. The molecule has 0 aliphatic heterocycles. The molecule has 0 saturated heterocycles. The Hall–Kier alpha value is -1.02. The van der Waals surface area contributed by atoms with Crippen LogP contribution in [-0.2, 0) is 9.84 Å². The highest BCUT2D eigenvalue weighted by Crippen LogP contribution is 2.14. The standard InChI is InChI=1S/C13H20N2O3S2/c1-10(9-16)15(2)6-7-20(17,18)12-5-3-4-11(8-12)13(14)19/h3-5,8,10,16H,6-7,9H2,1-2H3,(H2,14,19). The number of benzene rings is 1. The summed E-state index contributed by atoms with van der Waals surface area (Å²) in [6.07, 6.45) is 0. The molecule has 112 valence electrons. The van der Waals surface area contributed by atoms with Gasteiger partial charge in [0.2, 0.25) is 0 Å². The van der Waals surface area contributed by atoms with Crippen LogP contribution < -0.4 is 5.73 Å². The summed E-state index contributed by atoms with van der Waals surface area (Å²) < 4.78 is 24.5. The molecule has 1 atom stereocenters. The van der Waals surface area contributed by atoms with Crippen LogP contribution in [0.3, 0.4) is 0 Å². The Kier molecular flexibility index (Phi) is 6.07. The average Bonchev–Trinajstić information content (AvgIpc) is 2.44. The fraction of sp³-hybridized carbons (Fsp3) is 0.462. The molecule has 0 fully saturated rings. The minimum Gasteiger partial charge on any atom is -0.395 e. The Balaban J connectivity index is 2.84. The molecule has 0 amide bonds. The van der Waals surface area contributed by atoms with E-state index in [9.17, 15) is 8.42 Å². The van der Waals surface area contributed by atoms with Crippen LogP contribution in [0.1, 0.15) is 12.5 Å². The van der Waals surface area contributed by atoms with E-state index in [0.717, 1.165) is 0 Å². The largest absolute Gasteiger partial charge is 0.395 e. The number of hydrogen-bond donors (Lipinski definition) is 2. The first-order valence-electron chi connectivity index (χ1n) is 6.21. The lowest BCUT2D eigenvalue weighted by Crippen LogP contribution is -2.35. The van der Waals surface area contributed by atoms with Crippen molar-refractivity contribution in [3.63, 3.8) is 0 Å². The lowest BCUT2D eigenvalue weighted by atomic mass is 10.2. The maximum absolute atomic E-state index is 12.2. The predicted octanol–water partition coefficient (Wildman–Crippen LogP) is 0.407. The molecule has 20 heavy (non-hydrogen) atoms. The van der Waals surface area contributed by atoms with Gasteiger partial charge in [0.1, 0.15) is 4.99 Å². The maximum atomic E-state index is 12.2. The van der Waals surface area contributed by atoms with E-state index in [0.29, 0.717) is 12.1 Å². The number of hydrogen-bond acceptors (Lipinski definition) is 5. The lowest BCUT2D eigenvalue weighted by molar-refractivity contribution is 0.165. The van der Waals surface area contributed by atoms with E-state index in [2.05, 4.69) is 0 Å². The van der Waals surface area contributed by atoms with Gasteiger partial charge in [0.15, 0.2) is 9.84 Å². The highest BCUT2D eigenvalue weighted by atomic mass is 32.2. The van der Waals surface area contributed by atoms with E-state index in [1.54, 1.807) is 24.1 Å². The Morgan fingerprint density at radius 1 is 1.50 bits per heavy atom. The van der Waals surface area contributed by atoms with E-state index < -0.39 is 9.84 Å². The molecule has 3 N–H and O–H groups in total. The number of aliphatic hydroxyl groups excluding tert-OH is 1. The first-order valence-corrected chi connectivity index (χ1v) is 8.27. The summed E-state index contributed by atoms with van der Waals surface area (Å²) in [5.74, 6) is -0.0192. The van der Waals surface area contributed by atoms with Gasteiger partial charge in [0, 0.05) is 18.2 Å². The van der Waals surface area contributed by atoms with Gasteiger partial charge in [-0.3, -0.25) is 0 Å². The van der Waals surface area contributed by atoms with Crippen molar-refractivity contribution in [2.24, 2.45) is 5.73 Å². The highest BCUT2D eigenvalue weighted by Gasteiger charge is 2.17. The van der Waals surface area contributed by atoms with Gasteiger partial charge in [-0.2, -0.15) is 0 Å². The van der Waals surface area contributed by atoms with Crippen LogP contribution >= 0.6 is 12.2 Å². The number of nitrogens with zero attached hydrogens (tertiary/aromatic N) is 1. The van der Waals surface area contributed by atoms with Crippen LogP contribution in [0.5, 0.6) is 0 Å². The van der Waals surface area contributed by atoms with Crippen molar-refractivity contribution in [1.29, 1.82) is 0 Å². The second-order valence-electron chi connectivity index (χ2n) is 4.72. The van der Waals surface area contributed by atoms with Gasteiger partial charge < -0.3 is 15.7 Å². The Morgan fingerprint density at radius 2 is 2.15 bits per heavy atom. The van der Waals surface area contributed by atoms with Crippen LogP contribution in [0.2, 0.25) is 0 Å². The van der Waals surface area contributed by atoms with Crippen molar-refractivity contribution in [3.05, 3.63) is 29.8 Å². The fourth-order valence-corrected chi connectivity index (χ4v) is 3.07. The SMILES string of the molecule is CC(CO)N(C)CCS(=O)(=O)c1cccc(C(N)=S)c1. The van der Waals surface area contributed by atoms with Crippen molar-refractivity contribution in [3.8, 4) is 0 Å². The molecule has 0 radical (unpaired) electrons. The lowest BCUT2D eigenvalue weighted by Gasteiger charge is -2.22. The van der Waals surface area contributed by atoms with Crippen molar-refractivity contribution in [2.75, 3.05) is 26.0 Å². The summed E-state index contributed by atoms with van der Waals surface area (Å²) in [6, 6.07) is 6.26. The zero-order chi connectivity index (χ0) is 15.3. The normalized spacial score (nSPS) is 13.4. The van der Waals surface area contributed by atoms with Gasteiger partial charge in [-0.25, -0.2) is 8.42 Å². The van der Waals surface area contributed by atoms with Crippen LogP contribution in [0.4, 0.5) is 0 Å². The smallest absolute Gasteiger partial charge is 0.179 e. The first kappa shape index (κ1) is 17.0. The van der Waals surface area contributed by atoms with E-state index in [1.165, 1.54) is 12.1 Å². The minimum atomic E-state index is -3.39. The molecule has 0 aromatic heterocycles. The zero-order valence-corrected chi connectivity index (χ0v) is 13.2. The van der Waals surface area contributed by atoms with Gasteiger partial charge in [0.25, 0.3) is 0 Å². The van der Waals surface area contributed by atoms with Crippen LogP contribution in [0.15, 0.2) is 29.2 Å². The summed E-state index contributed by atoms with van der Waals surface area (Å²) >= 11 is 4.85. The summed E-state index contributed by atoms with van der Waals surface area (Å²) in [4.78, 5) is 2.19. The first-order chi connectivity index (χ1) is 9.27. The van der Waals surface area contributed by atoms with Gasteiger partial charge >= 0.3 is 0 Å². The molecule has 7 heteroatoms. The molecule has 0 saturated carbocycles. The molecule has 1 aromatic carbocycles. The summed E-state index contributed by atoms with van der Waals surface area (Å²) in [5, 5.41) is 9.03. The molecule has 0 aliphatic rings. The number of aliphatic hydroxyl groups is 1. The molecule has 0 aliphatic carbocycles. The minimum absolute atomic E-state index is 0.00647. The van der Waals surface area contributed by atoms with Crippen LogP contribution in [-0.4, -0.2) is 55.4 Å². The molecule has 0 heterocycles. The van der Waals surface area contributed by atoms with Crippen molar-refractivity contribution >= 4 is 27.0 Å². The zero-order valence-electron chi connectivity index (χ0n) is 11.6. The summed E-state index contributed by atoms with van der Waals surface area (Å²) in [6.45, 7) is 2.18. The Bertz CT molecular complexity index is 573. The molecule has 1 unspecified atom stereocenters. The van der Waals surface area contributed by atoms with Crippen LogP contribution in [0.25, 0.3) is 0 Å². The van der Waals surface area contributed by atoms with Crippen LogP contribution in [0, 0.1) is 0 Å². The topological polar surface area (TPSA) is 83.6 Å². The second-order valence-corrected chi connectivity index (χ2v) is 7.27. The summed E-state index contributed by atoms with van der Waals surface area (Å²) in [7, 11) is -1.61. The van der Waals surface area contributed by atoms with Gasteiger partial charge in [0.05, 0.1) is 17.3 Å². The van der Waals surface area contributed by atoms with Crippen molar-refractivity contribution in [1.82, 2.24) is 4.90 Å². The van der Waals surface area contributed by atoms with E-state index in [1.807, 2.05) is 6.92 Å². The number of sulfone groups is 1. The van der Waals surface area contributed by atoms with Crippen molar-refractivity contribution < 1.29 is 13.5 Å². The molecule has 0 spiro atoms. The number of rotatable bonds is 7. The quantitative estimate of drug-likeness (QED) is 0.709. The third kappa shape index (κ3) is 4.52. The fourth-order valence-electron chi connectivity index (χ4n) is 1.58. The third-order valence-corrected chi connectivity index (χ3v) is 5.13. The second kappa shape index (κ2) is 7.12. The van der Waals surface area contributed by atoms with E-state index >= 15 is 0 Å². The molecule has 1 rings (SSSR count). The number of likely N-dealkylation sites (N-methyl/N-ethyl adjacent to an activating group) is 1. The van der Waals surface area contributed by atoms with E-state index in [4.69, 9.17) is 23.1 Å². The third-order valence-electron chi connectivity index (χ3n) is 3.21. The highest BCUT2D eigenvalue weighted by molar-refractivity contribution is 7.91. The van der Waals surface area contributed by atoms with Gasteiger partial charge in [-0.05, 0) is 26.1 Å². The summed E-state index contributed by atoms with van der Waals surface area (Å²) in [5.41, 5.74) is 6.05. The molecule has 5 nitrogen and oxygen atoms in total. The Labute approximate surface area is 125 Å². The monoisotopic (exact) mass is 316 g/mol. The average molecular weight is 316 g/mol. The van der Waals surface area contributed by atoms with Crippen molar-refractivity contribution in [2.45, 2.75) is 17.9 Å². The van der Waals surface area contributed by atoms with Gasteiger partial charge in [-0.15, -0.1) is 0 Å². The number of nitrogens with two attached hydrogens (primary N) is 1. The molecular formula is C13H20N2O3S2. The predicted molar refractivity (Wildman–Crippen MR) is 83.6 cm³/mol. The Morgan fingerprint density at radius 3 is 2.70 bits per heavy atom. The maximum Gasteiger partial charge on any atom is 0.179 e. The van der Waals surface area contributed by atoms with E-state index in [-0.39, 0.29) is 28.3 Å². The molecule has 1 aromatic rings. The molecule has 0 bridgehead atoms. The van der Waals surface area contributed by atoms with Gasteiger partial charge in [-0.1, -0.05) is 24.4 Å².